The third-order valence-electron chi connectivity index (χ3n) is 1.50. The first-order valence-electron chi connectivity index (χ1n) is 3.40. The summed E-state index contributed by atoms with van der Waals surface area (Å²) in [7, 11) is 1.84. The van der Waals surface area contributed by atoms with Gasteiger partial charge in [-0.15, -0.1) is 0 Å². The highest BCUT2D eigenvalue weighted by atomic mass is 16.3. The normalized spacial score (nSPS) is 13.5. The molecule has 56 valence electrons. The number of hydrogen-bond donors (Lipinski definition) is 1. The van der Waals surface area contributed by atoms with Crippen LogP contribution in [0.1, 0.15) is 25.0 Å². The summed E-state index contributed by atoms with van der Waals surface area (Å²) in [4.78, 5) is 0. The van der Waals surface area contributed by atoms with Gasteiger partial charge in [0.1, 0.15) is 0 Å². The van der Waals surface area contributed by atoms with Crippen LogP contribution >= 0.6 is 0 Å². The van der Waals surface area contributed by atoms with Gasteiger partial charge in [0.05, 0.1) is 12.3 Å². The summed E-state index contributed by atoms with van der Waals surface area (Å²) in [5.74, 6) is 0. The van der Waals surface area contributed by atoms with Gasteiger partial charge in [-0.05, 0) is 6.42 Å². The molecule has 0 amide bonds. The van der Waals surface area contributed by atoms with Crippen LogP contribution in [0.4, 0.5) is 0 Å². The minimum Gasteiger partial charge on any atom is -0.388 e. The topological polar surface area (TPSA) is 38.1 Å². The molecule has 10 heavy (non-hydrogen) atoms. The van der Waals surface area contributed by atoms with Crippen molar-refractivity contribution in [1.82, 2.24) is 9.78 Å². The van der Waals surface area contributed by atoms with Crippen LogP contribution < -0.4 is 0 Å². The van der Waals surface area contributed by atoms with Crippen LogP contribution in [0.5, 0.6) is 0 Å². The molecule has 0 unspecified atom stereocenters. The molecule has 3 heteroatoms. The molecule has 1 N–H and O–H groups in total. The van der Waals surface area contributed by atoms with E-state index in [4.69, 9.17) is 0 Å². The Morgan fingerprint density at radius 2 is 2.50 bits per heavy atom. The fraction of sp³-hybridized carbons (Fsp3) is 0.571. The number of hydrogen-bond acceptors (Lipinski definition) is 2. The van der Waals surface area contributed by atoms with E-state index in [0.717, 1.165) is 12.0 Å². The van der Waals surface area contributed by atoms with Crippen LogP contribution in [0.15, 0.2) is 12.4 Å². The molecule has 0 saturated carbocycles. The summed E-state index contributed by atoms with van der Waals surface area (Å²) in [5.41, 5.74) is 0.894. The molecule has 0 aliphatic heterocycles. The molecule has 3 nitrogen and oxygen atoms in total. The quantitative estimate of drug-likeness (QED) is 0.661. The van der Waals surface area contributed by atoms with E-state index < -0.39 is 0 Å². The maximum atomic E-state index is 9.29. The molecule has 1 aromatic heterocycles. The van der Waals surface area contributed by atoms with Crippen LogP contribution in [0, 0.1) is 0 Å². The molecule has 0 fully saturated rings. The Kier molecular flexibility index (Phi) is 2.06. The second-order valence-corrected chi connectivity index (χ2v) is 2.37. The number of aryl methyl sites for hydroxylation is 1. The molecule has 0 aromatic carbocycles. The van der Waals surface area contributed by atoms with Crippen LogP contribution in [0.25, 0.3) is 0 Å². The lowest BCUT2D eigenvalue weighted by atomic mass is 10.2. The zero-order chi connectivity index (χ0) is 7.56. The van der Waals surface area contributed by atoms with E-state index in [1.165, 1.54) is 0 Å². The van der Waals surface area contributed by atoms with Crippen molar-refractivity contribution in [2.45, 2.75) is 19.4 Å². The third kappa shape index (κ3) is 1.36. The molecule has 1 aromatic rings. The van der Waals surface area contributed by atoms with Crippen molar-refractivity contribution in [3.8, 4) is 0 Å². The summed E-state index contributed by atoms with van der Waals surface area (Å²) in [5, 5.41) is 13.2. The number of aliphatic hydroxyl groups is 1. The van der Waals surface area contributed by atoms with Crippen molar-refractivity contribution in [1.29, 1.82) is 0 Å². The Labute approximate surface area is 60.3 Å². The fourth-order valence-electron chi connectivity index (χ4n) is 0.848. The maximum absolute atomic E-state index is 9.29. The first kappa shape index (κ1) is 7.28. The van der Waals surface area contributed by atoms with Gasteiger partial charge in [0.25, 0.3) is 0 Å². The minimum atomic E-state index is -0.353. The van der Waals surface area contributed by atoms with Gasteiger partial charge < -0.3 is 5.11 Å². The van der Waals surface area contributed by atoms with E-state index in [1.807, 2.05) is 20.2 Å². The predicted octanol–water partition coefficient (Wildman–Crippen LogP) is 0.863. The Morgan fingerprint density at radius 1 is 1.80 bits per heavy atom. The largest absolute Gasteiger partial charge is 0.388 e. The van der Waals surface area contributed by atoms with Gasteiger partial charge in [-0.1, -0.05) is 6.92 Å². The first-order valence-corrected chi connectivity index (χ1v) is 3.40. The lowest BCUT2D eigenvalue weighted by molar-refractivity contribution is 0.173. The van der Waals surface area contributed by atoms with Gasteiger partial charge in [0.2, 0.25) is 0 Å². The highest BCUT2D eigenvalue weighted by molar-refractivity contribution is 5.06. The van der Waals surface area contributed by atoms with Crippen LogP contribution in [0.3, 0.4) is 0 Å². The summed E-state index contributed by atoms with van der Waals surface area (Å²) in [6.07, 6.45) is 3.90. The number of aromatic nitrogens is 2. The maximum Gasteiger partial charge on any atom is 0.0817 e. The summed E-state index contributed by atoms with van der Waals surface area (Å²) >= 11 is 0. The van der Waals surface area contributed by atoms with Crippen molar-refractivity contribution in [3.05, 3.63) is 18.0 Å². The molecule has 0 aliphatic rings. The van der Waals surface area contributed by atoms with Crippen molar-refractivity contribution >= 4 is 0 Å². The molecular formula is C7H12N2O. The Morgan fingerprint density at radius 3 is 2.90 bits per heavy atom. The number of rotatable bonds is 2. The van der Waals surface area contributed by atoms with Crippen LogP contribution in [-0.2, 0) is 7.05 Å². The molecule has 0 spiro atoms. The Bertz CT molecular complexity index is 207. The zero-order valence-corrected chi connectivity index (χ0v) is 6.28. The zero-order valence-electron chi connectivity index (χ0n) is 6.28. The molecule has 1 heterocycles. The van der Waals surface area contributed by atoms with E-state index in [1.54, 1.807) is 10.9 Å². The van der Waals surface area contributed by atoms with Crippen LogP contribution in [-0.4, -0.2) is 14.9 Å². The number of nitrogens with zero attached hydrogens (tertiary/aromatic N) is 2. The van der Waals surface area contributed by atoms with Crippen molar-refractivity contribution in [3.63, 3.8) is 0 Å². The van der Waals surface area contributed by atoms with Gasteiger partial charge in [-0.3, -0.25) is 4.68 Å². The lowest BCUT2D eigenvalue weighted by Crippen LogP contribution is -1.92. The summed E-state index contributed by atoms with van der Waals surface area (Å²) < 4.78 is 1.69. The van der Waals surface area contributed by atoms with Gasteiger partial charge in [-0.25, -0.2) is 0 Å². The SMILES string of the molecule is CC[C@@H](O)c1cnn(C)c1. The fourth-order valence-corrected chi connectivity index (χ4v) is 0.848. The van der Waals surface area contributed by atoms with Gasteiger partial charge >= 0.3 is 0 Å². The average molecular weight is 140 g/mol. The standard InChI is InChI=1S/C7H12N2O/c1-3-7(10)6-4-8-9(2)5-6/h4-5,7,10H,3H2,1-2H3/t7-/m1/s1. The van der Waals surface area contributed by atoms with Gasteiger partial charge in [0.15, 0.2) is 0 Å². The monoisotopic (exact) mass is 140 g/mol. The molecule has 0 aliphatic carbocycles. The van der Waals surface area contributed by atoms with Gasteiger partial charge in [0, 0.05) is 18.8 Å². The van der Waals surface area contributed by atoms with Crippen molar-refractivity contribution < 1.29 is 5.11 Å². The van der Waals surface area contributed by atoms with Crippen LogP contribution in [0.2, 0.25) is 0 Å². The van der Waals surface area contributed by atoms with Gasteiger partial charge in [-0.2, -0.15) is 5.10 Å². The molecule has 0 radical (unpaired) electrons. The molecule has 0 saturated heterocycles. The molecule has 0 bridgehead atoms. The van der Waals surface area contributed by atoms with E-state index >= 15 is 0 Å². The van der Waals surface area contributed by atoms with E-state index in [2.05, 4.69) is 5.10 Å². The summed E-state index contributed by atoms with van der Waals surface area (Å²) in [6, 6.07) is 0. The Balaban J connectivity index is 2.74. The average Bonchev–Trinajstić information content (AvgIpc) is 2.34. The second kappa shape index (κ2) is 2.84. The summed E-state index contributed by atoms with van der Waals surface area (Å²) in [6.45, 7) is 1.94. The van der Waals surface area contributed by atoms with Crippen molar-refractivity contribution in [2.75, 3.05) is 0 Å². The number of aliphatic hydroxyl groups excluding tert-OH is 1. The molecule has 1 atom stereocenters. The lowest BCUT2D eigenvalue weighted by Gasteiger charge is -2.01. The highest BCUT2D eigenvalue weighted by Crippen LogP contribution is 2.13. The molecular weight excluding hydrogens is 128 g/mol. The first-order chi connectivity index (χ1) is 4.74. The molecule has 1 rings (SSSR count). The Hall–Kier alpha value is -0.830. The minimum absolute atomic E-state index is 0.353. The van der Waals surface area contributed by atoms with E-state index in [-0.39, 0.29) is 6.10 Å². The third-order valence-corrected chi connectivity index (χ3v) is 1.50. The smallest absolute Gasteiger partial charge is 0.0817 e. The predicted molar refractivity (Wildman–Crippen MR) is 38.5 cm³/mol. The van der Waals surface area contributed by atoms with E-state index in [0.29, 0.717) is 0 Å². The highest BCUT2D eigenvalue weighted by Gasteiger charge is 2.04. The van der Waals surface area contributed by atoms with E-state index in [9.17, 15) is 5.11 Å². The van der Waals surface area contributed by atoms with Crippen molar-refractivity contribution in [2.24, 2.45) is 7.05 Å². The second-order valence-electron chi connectivity index (χ2n) is 2.37.